The summed E-state index contributed by atoms with van der Waals surface area (Å²) < 4.78 is 7.11. The molecule has 2 aromatic rings. The second kappa shape index (κ2) is 8.29. The Balaban J connectivity index is 1.46. The van der Waals surface area contributed by atoms with E-state index in [1.165, 1.54) is 19.3 Å². The van der Waals surface area contributed by atoms with E-state index in [2.05, 4.69) is 4.90 Å². The van der Waals surface area contributed by atoms with E-state index in [9.17, 15) is 9.59 Å². The van der Waals surface area contributed by atoms with Crippen molar-refractivity contribution in [2.75, 3.05) is 26.7 Å². The molecule has 28 heavy (non-hydrogen) atoms. The fourth-order valence-corrected chi connectivity index (χ4v) is 4.88. The Kier molecular flexibility index (Phi) is 5.78. The van der Waals surface area contributed by atoms with E-state index in [1.807, 2.05) is 11.9 Å². The summed E-state index contributed by atoms with van der Waals surface area (Å²) in [7, 11) is 1.94. The van der Waals surface area contributed by atoms with Crippen molar-refractivity contribution >= 4 is 28.6 Å². The molecule has 4 rings (SSSR count). The molecule has 1 saturated carbocycles. The number of rotatable bonds is 4. The summed E-state index contributed by atoms with van der Waals surface area (Å²) in [6, 6.07) is 5.62. The number of nitrogens with zero attached hydrogens (tertiary/aromatic N) is 3. The lowest BCUT2D eigenvalue weighted by Gasteiger charge is -2.36. The highest BCUT2D eigenvalue weighted by Gasteiger charge is 2.28. The summed E-state index contributed by atoms with van der Waals surface area (Å²) in [5.41, 5.74) is 1.29. The van der Waals surface area contributed by atoms with Crippen LogP contribution in [0.2, 0.25) is 5.02 Å². The largest absolute Gasteiger partial charge is 0.420 e. The van der Waals surface area contributed by atoms with Gasteiger partial charge in [0, 0.05) is 24.7 Å². The lowest BCUT2D eigenvalue weighted by molar-refractivity contribution is -0.134. The van der Waals surface area contributed by atoms with E-state index in [0.29, 0.717) is 29.7 Å². The molecule has 2 aliphatic rings. The van der Waals surface area contributed by atoms with Crippen LogP contribution >= 0.6 is 11.6 Å². The van der Waals surface area contributed by atoms with Gasteiger partial charge in [0.15, 0.2) is 5.58 Å². The van der Waals surface area contributed by atoms with Crippen LogP contribution in [0.1, 0.15) is 51.0 Å². The van der Waals surface area contributed by atoms with Crippen molar-refractivity contribution in [2.45, 2.75) is 57.0 Å². The van der Waals surface area contributed by atoms with Crippen LogP contribution < -0.4 is 5.76 Å². The quantitative estimate of drug-likeness (QED) is 0.778. The molecule has 6 nitrogen and oxygen atoms in total. The Bertz CT molecular complexity index is 900. The highest BCUT2D eigenvalue weighted by atomic mass is 35.5. The van der Waals surface area contributed by atoms with Crippen molar-refractivity contribution in [3.05, 3.63) is 33.8 Å². The van der Waals surface area contributed by atoms with Gasteiger partial charge in [-0.3, -0.25) is 14.3 Å². The fourth-order valence-electron chi connectivity index (χ4n) is 4.71. The molecular weight excluding hydrogens is 378 g/mol. The minimum absolute atomic E-state index is 0.00578. The van der Waals surface area contributed by atoms with Crippen LogP contribution in [0.5, 0.6) is 0 Å². The maximum atomic E-state index is 12.8. The second-order valence-electron chi connectivity index (χ2n) is 8.18. The summed E-state index contributed by atoms with van der Waals surface area (Å²) in [6.45, 7) is 1.96. The molecule has 1 amide bonds. The number of carbonyl (C=O) groups excluding carboxylic acids is 1. The Morgan fingerprint density at radius 3 is 2.79 bits per heavy atom. The molecule has 2 fully saturated rings. The number of fused-ring (bicyclic) bond motifs is 1. The molecular formula is C21H28ClN3O3. The van der Waals surface area contributed by atoms with Gasteiger partial charge in [0.25, 0.3) is 0 Å². The first-order chi connectivity index (χ1) is 13.5. The van der Waals surface area contributed by atoms with Gasteiger partial charge in [-0.2, -0.15) is 0 Å². The third-order valence-corrected chi connectivity index (χ3v) is 6.53. The number of aromatic nitrogens is 1. The maximum Gasteiger partial charge on any atom is 0.420 e. The normalized spacial score (nSPS) is 21.9. The third-order valence-electron chi connectivity index (χ3n) is 6.29. The predicted molar refractivity (Wildman–Crippen MR) is 110 cm³/mol. The maximum absolute atomic E-state index is 12.8. The van der Waals surface area contributed by atoms with Gasteiger partial charge in [-0.1, -0.05) is 30.9 Å². The lowest BCUT2D eigenvalue weighted by atomic mass is 9.94. The highest BCUT2D eigenvalue weighted by Crippen LogP contribution is 2.27. The van der Waals surface area contributed by atoms with Crippen molar-refractivity contribution in [3.8, 4) is 0 Å². The number of hydrogen-bond acceptors (Lipinski definition) is 4. The Morgan fingerprint density at radius 2 is 2.00 bits per heavy atom. The van der Waals surface area contributed by atoms with Crippen LogP contribution in [0.4, 0.5) is 0 Å². The Hall–Kier alpha value is -1.79. The van der Waals surface area contributed by atoms with Crippen LogP contribution in [-0.2, 0) is 4.79 Å². The molecule has 0 spiro atoms. The van der Waals surface area contributed by atoms with Crippen LogP contribution in [0.25, 0.3) is 11.1 Å². The number of likely N-dealkylation sites (tertiary alicyclic amines) is 1. The van der Waals surface area contributed by atoms with Crippen molar-refractivity contribution in [1.82, 2.24) is 14.4 Å². The summed E-state index contributed by atoms with van der Waals surface area (Å²) in [4.78, 5) is 29.4. The van der Waals surface area contributed by atoms with Crippen LogP contribution in [0.3, 0.4) is 0 Å². The minimum atomic E-state index is -0.352. The molecule has 7 heteroatoms. The summed E-state index contributed by atoms with van der Waals surface area (Å²) in [6.07, 6.45) is 7.78. The zero-order valence-electron chi connectivity index (χ0n) is 16.4. The summed E-state index contributed by atoms with van der Waals surface area (Å²) >= 11 is 6.13. The van der Waals surface area contributed by atoms with Gasteiger partial charge in [0.2, 0.25) is 5.91 Å². The Labute approximate surface area is 170 Å². The SMILES string of the molecule is CN(C(=O)CN1CCC[C@@H](n2c(=O)oc3ccc(Cl)cc32)C1)C1CCCCC1. The molecule has 1 aliphatic heterocycles. The molecule has 2 heterocycles. The zero-order chi connectivity index (χ0) is 19.7. The fraction of sp³-hybridized carbons (Fsp3) is 0.619. The molecule has 0 bridgehead atoms. The van der Waals surface area contributed by atoms with E-state index < -0.39 is 0 Å². The summed E-state index contributed by atoms with van der Waals surface area (Å²) in [5, 5.41) is 0.582. The van der Waals surface area contributed by atoms with Crippen molar-refractivity contribution in [3.63, 3.8) is 0 Å². The lowest BCUT2D eigenvalue weighted by Crippen LogP contribution is -2.47. The molecule has 0 N–H and O–H groups in total. The topological polar surface area (TPSA) is 58.7 Å². The van der Waals surface area contributed by atoms with E-state index in [0.717, 1.165) is 37.7 Å². The molecule has 0 unspecified atom stereocenters. The molecule has 0 radical (unpaired) electrons. The smallest absolute Gasteiger partial charge is 0.408 e. The number of oxazole rings is 1. The van der Waals surface area contributed by atoms with Crippen molar-refractivity contribution < 1.29 is 9.21 Å². The first-order valence-corrected chi connectivity index (χ1v) is 10.7. The number of amides is 1. The number of hydrogen-bond donors (Lipinski definition) is 0. The van der Waals surface area contributed by atoms with Gasteiger partial charge in [-0.25, -0.2) is 4.79 Å². The van der Waals surface area contributed by atoms with Crippen molar-refractivity contribution in [2.24, 2.45) is 0 Å². The van der Waals surface area contributed by atoms with Crippen molar-refractivity contribution in [1.29, 1.82) is 0 Å². The number of piperidine rings is 1. The first-order valence-electron chi connectivity index (χ1n) is 10.3. The first kappa shape index (κ1) is 19.5. The molecule has 1 aromatic carbocycles. The molecule has 1 atom stereocenters. The van der Waals surface area contributed by atoms with E-state index in [1.54, 1.807) is 22.8 Å². The minimum Gasteiger partial charge on any atom is -0.408 e. The Morgan fingerprint density at radius 1 is 1.21 bits per heavy atom. The van der Waals surface area contributed by atoms with Gasteiger partial charge >= 0.3 is 5.76 Å². The van der Waals surface area contributed by atoms with E-state index in [-0.39, 0.29) is 17.7 Å². The predicted octanol–water partition coefficient (Wildman–Crippen LogP) is 3.68. The monoisotopic (exact) mass is 405 g/mol. The van der Waals surface area contributed by atoms with Gasteiger partial charge in [-0.15, -0.1) is 0 Å². The average Bonchev–Trinajstić information content (AvgIpc) is 3.03. The zero-order valence-corrected chi connectivity index (χ0v) is 17.2. The van der Waals surface area contributed by atoms with Gasteiger partial charge in [0.1, 0.15) is 0 Å². The number of carbonyl (C=O) groups is 1. The van der Waals surface area contributed by atoms with E-state index >= 15 is 0 Å². The standard InChI is InChI=1S/C21H28ClN3O3/c1-23(16-6-3-2-4-7-16)20(26)14-24-11-5-8-17(13-24)25-18-12-15(22)9-10-19(18)28-21(25)27/h9-10,12,16-17H,2-8,11,13-14H2,1H3/t17-/m1/s1. The molecule has 1 aromatic heterocycles. The van der Waals surface area contributed by atoms with Gasteiger partial charge in [-0.05, 0) is 50.4 Å². The average molecular weight is 406 g/mol. The van der Waals surface area contributed by atoms with Crippen LogP contribution in [0, 0.1) is 0 Å². The second-order valence-corrected chi connectivity index (χ2v) is 8.61. The summed E-state index contributed by atoms with van der Waals surface area (Å²) in [5.74, 6) is -0.172. The third kappa shape index (κ3) is 3.98. The molecule has 1 aliphatic carbocycles. The van der Waals surface area contributed by atoms with Gasteiger partial charge in [0.05, 0.1) is 18.1 Å². The van der Waals surface area contributed by atoms with Crippen LogP contribution in [0.15, 0.2) is 27.4 Å². The van der Waals surface area contributed by atoms with Crippen LogP contribution in [-0.4, -0.2) is 53.0 Å². The number of halogens is 1. The molecule has 152 valence electrons. The molecule has 1 saturated heterocycles. The highest BCUT2D eigenvalue weighted by molar-refractivity contribution is 6.31. The van der Waals surface area contributed by atoms with Gasteiger partial charge < -0.3 is 9.32 Å². The van der Waals surface area contributed by atoms with E-state index in [4.69, 9.17) is 16.0 Å². The number of likely N-dealkylation sites (N-methyl/N-ethyl adjacent to an activating group) is 1. The number of benzene rings is 1.